The Balaban J connectivity index is 1.99. The number of fused-ring (bicyclic) bond motifs is 1. The van der Waals surface area contributed by atoms with Crippen molar-refractivity contribution in [2.75, 3.05) is 7.11 Å². The molecular weight excluding hydrogens is 362 g/mol. The van der Waals surface area contributed by atoms with Gasteiger partial charge < -0.3 is 4.74 Å². The van der Waals surface area contributed by atoms with Crippen LogP contribution in [0.15, 0.2) is 53.0 Å². The lowest BCUT2D eigenvalue weighted by molar-refractivity contribution is 0.413. The van der Waals surface area contributed by atoms with Gasteiger partial charge in [0.15, 0.2) is 0 Å². The molecule has 0 amide bonds. The zero-order valence-electron chi connectivity index (χ0n) is 11.9. The summed E-state index contributed by atoms with van der Waals surface area (Å²) in [5.74, 6) is 0.803. The quantitative estimate of drug-likeness (QED) is 0.575. The Kier molecular flexibility index (Phi) is 4.46. The Bertz CT molecular complexity index is 861. The molecule has 0 unspecified atom stereocenters. The fraction of sp³-hybridized carbons (Fsp3) is 0.0556. The van der Waals surface area contributed by atoms with Crippen molar-refractivity contribution in [2.24, 2.45) is 0 Å². The molecule has 0 atom stereocenters. The van der Waals surface area contributed by atoms with E-state index in [0.29, 0.717) is 5.02 Å². The maximum atomic E-state index is 6.32. The number of ether oxygens (including phenoxy) is 1. The van der Waals surface area contributed by atoms with Gasteiger partial charge in [0.2, 0.25) is 0 Å². The van der Waals surface area contributed by atoms with Crippen LogP contribution in [-0.2, 0) is 0 Å². The van der Waals surface area contributed by atoms with Gasteiger partial charge in [-0.3, -0.25) is 0 Å². The largest absolute Gasteiger partial charge is 0.496 e. The third-order valence-corrected chi connectivity index (χ3v) is 4.12. The van der Waals surface area contributed by atoms with Gasteiger partial charge in [-0.1, -0.05) is 51.8 Å². The molecule has 3 aromatic rings. The van der Waals surface area contributed by atoms with E-state index in [1.807, 2.05) is 60.7 Å². The molecule has 0 fully saturated rings. The Hall–Kier alpha value is -1.84. The number of hydrogen-bond acceptors (Lipinski definition) is 2. The number of methoxy groups -OCH3 is 1. The van der Waals surface area contributed by atoms with Crippen molar-refractivity contribution >= 4 is 50.6 Å². The summed E-state index contributed by atoms with van der Waals surface area (Å²) in [7, 11) is 1.66. The fourth-order valence-electron chi connectivity index (χ4n) is 2.24. The number of rotatable bonds is 3. The summed E-state index contributed by atoms with van der Waals surface area (Å²) in [4.78, 5) is 4.60. The van der Waals surface area contributed by atoms with Gasteiger partial charge in [0.1, 0.15) is 5.75 Å². The monoisotopic (exact) mass is 373 g/mol. The van der Waals surface area contributed by atoms with Crippen LogP contribution in [0.4, 0.5) is 0 Å². The molecule has 0 saturated carbocycles. The molecule has 0 aliphatic carbocycles. The molecule has 4 heteroatoms. The van der Waals surface area contributed by atoms with E-state index in [1.54, 1.807) is 7.11 Å². The summed E-state index contributed by atoms with van der Waals surface area (Å²) in [6, 6.07) is 15.6. The molecule has 1 aromatic heterocycles. The molecule has 0 aliphatic heterocycles. The second-order valence-electron chi connectivity index (χ2n) is 4.77. The smallest absolute Gasteiger partial charge is 0.127 e. The molecular formula is C18H13BrClNO. The molecule has 0 saturated heterocycles. The average Bonchev–Trinajstić information content (AvgIpc) is 2.53. The van der Waals surface area contributed by atoms with Gasteiger partial charge in [0, 0.05) is 15.4 Å². The predicted octanol–water partition coefficient (Wildman–Crippen LogP) is 5.83. The lowest BCUT2D eigenvalue weighted by Gasteiger charge is -2.05. The van der Waals surface area contributed by atoms with Gasteiger partial charge in [-0.25, -0.2) is 4.98 Å². The number of aromatic nitrogens is 1. The molecule has 110 valence electrons. The van der Waals surface area contributed by atoms with Crippen LogP contribution in [0.1, 0.15) is 11.3 Å². The molecule has 1 heterocycles. The summed E-state index contributed by atoms with van der Waals surface area (Å²) in [5, 5.41) is 1.66. The summed E-state index contributed by atoms with van der Waals surface area (Å²) in [5.41, 5.74) is 2.68. The maximum absolute atomic E-state index is 6.32. The standard InChI is InChI=1S/C18H13BrClNO/c1-22-18-10-13(19)8-6-12(18)7-9-14-11-16(20)15-4-2-3-5-17(15)21-14/h2-11H,1H3/b9-7+. The van der Waals surface area contributed by atoms with Gasteiger partial charge in [-0.05, 0) is 36.4 Å². The first-order valence-corrected chi connectivity index (χ1v) is 7.91. The zero-order valence-corrected chi connectivity index (χ0v) is 14.2. The molecule has 2 aromatic carbocycles. The van der Waals surface area contributed by atoms with Crippen LogP contribution in [0.2, 0.25) is 5.02 Å². The van der Waals surface area contributed by atoms with Crippen molar-refractivity contribution in [3.8, 4) is 5.75 Å². The molecule has 0 radical (unpaired) electrons. The second kappa shape index (κ2) is 6.51. The highest BCUT2D eigenvalue weighted by Crippen LogP contribution is 2.27. The van der Waals surface area contributed by atoms with Crippen molar-refractivity contribution < 1.29 is 4.74 Å². The van der Waals surface area contributed by atoms with Crippen molar-refractivity contribution in [3.63, 3.8) is 0 Å². The maximum Gasteiger partial charge on any atom is 0.127 e. The van der Waals surface area contributed by atoms with Crippen LogP contribution in [0.5, 0.6) is 5.75 Å². The lowest BCUT2D eigenvalue weighted by Crippen LogP contribution is -1.87. The molecule has 22 heavy (non-hydrogen) atoms. The van der Waals surface area contributed by atoms with E-state index in [9.17, 15) is 0 Å². The Morgan fingerprint density at radius 1 is 1.09 bits per heavy atom. The molecule has 0 spiro atoms. The first-order chi connectivity index (χ1) is 10.7. The molecule has 0 bridgehead atoms. The van der Waals surface area contributed by atoms with E-state index in [1.165, 1.54) is 0 Å². The fourth-order valence-corrected chi connectivity index (χ4v) is 2.85. The second-order valence-corrected chi connectivity index (χ2v) is 6.09. The average molecular weight is 375 g/mol. The first kappa shape index (κ1) is 15.1. The Morgan fingerprint density at radius 2 is 1.91 bits per heavy atom. The third-order valence-electron chi connectivity index (χ3n) is 3.31. The van der Waals surface area contributed by atoms with Crippen molar-refractivity contribution in [2.45, 2.75) is 0 Å². The number of hydrogen-bond donors (Lipinski definition) is 0. The van der Waals surface area contributed by atoms with Gasteiger partial charge >= 0.3 is 0 Å². The topological polar surface area (TPSA) is 22.1 Å². The Morgan fingerprint density at radius 3 is 2.73 bits per heavy atom. The highest BCUT2D eigenvalue weighted by atomic mass is 79.9. The van der Waals surface area contributed by atoms with Crippen LogP contribution in [0.3, 0.4) is 0 Å². The minimum atomic E-state index is 0.702. The van der Waals surface area contributed by atoms with Crippen molar-refractivity contribution in [1.29, 1.82) is 0 Å². The normalized spacial score (nSPS) is 11.2. The van der Waals surface area contributed by atoms with E-state index < -0.39 is 0 Å². The van der Waals surface area contributed by atoms with Crippen molar-refractivity contribution in [1.82, 2.24) is 4.98 Å². The molecule has 0 N–H and O–H groups in total. The summed E-state index contributed by atoms with van der Waals surface area (Å²) >= 11 is 9.75. The summed E-state index contributed by atoms with van der Waals surface area (Å²) in [6.45, 7) is 0. The van der Waals surface area contributed by atoms with Crippen molar-refractivity contribution in [3.05, 3.63) is 69.3 Å². The van der Waals surface area contributed by atoms with Crippen LogP contribution in [0, 0.1) is 0 Å². The zero-order chi connectivity index (χ0) is 15.5. The van der Waals surface area contributed by atoms with E-state index in [0.717, 1.165) is 32.4 Å². The third kappa shape index (κ3) is 3.16. The van der Waals surface area contributed by atoms with Crippen LogP contribution in [0.25, 0.3) is 23.1 Å². The number of nitrogens with zero attached hydrogens (tertiary/aromatic N) is 1. The predicted molar refractivity (Wildman–Crippen MR) is 96.4 cm³/mol. The van der Waals surface area contributed by atoms with E-state index in [2.05, 4.69) is 20.9 Å². The van der Waals surface area contributed by atoms with Gasteiger partial charge in [-0.2, -0.15) is 0 Å². The highest BCUT2D eigenvalue weighted by Gasteiger charge is 2.03. The number of benzene rings is 2. The van der Waals surface area contributed by atoms with E-state index in [4.69, 9.17) is 16.3 Å². The first-order valence-electron chi connectivity index (χ1n) is 6.74. The Labute approximate surface area is 142 Å². The SMILES string of the molecule is COc1cc(Br)ccc1/C=C/c1cc(Cl)c2ccccc2n1. The molecule has 2 nitrogen and oxygen atoms in total. The number of halogens is 2. The number of pyridine rings is 1. The van der Waals surface area contributed by atoms with Gasteiger partial charge in [0.25, 0.3) is 0 Å². The number of para-hydroxylation sites is 1. The lowest BCUT2D eigenvalue weighted by atomic mass is 10.1. The van der Waals surface area contributed by atoms with Gasteiger partial charge in [0.05, 0.1) is 23.3 Å². The summed E-state index contributed by atoms with van der Waals surface area (Å²) < 4.78 is 6.36. The van der Waals surface area contributed by atoms with Crippen LogP contribution >= 0.6 is 27.5 Å². The molecule has 3 rings (SSSR count). The minimum absolute atomic E-state index is 0.702. The van der Waals surface area contributed by atoms with E-state index >= 15 is 0 Å². The molecule has 0 aliphatic rings. The summed E-state index contributed by atoms with van der Waals surface area (Å²) in [6.07, 6.45) is 3.91. The highest BCUT2D eigenvalue weighted by molar-refractivity contribution is 9.10. The van der Waals surface area contributed by atoms with Crippen LogP contribution in [-0.4, -0.2) is 12.1 Å². The minimum Gasteiger partial charge on any atom is -0.496 e. The van der Waals surface area contributed by atoms with Crippen LogP contribution < -0.4 is 4.74 Å². The van der Waals surface area contributed by atoms with E-state index in [-0.39, 0.29) is 0 Å². The van der Waals surface area contributed by atoms with Gasteiger partial charge in [-0.15, -0.1) is 0 Å².